The Labute approximate surface area is 227 Å². The molecule has 3 aromatic carbocycles. The Morgan fingerprint density at radius 2 is 1.64 bits per heavy atom. The quantitative estimate of drug-likeness (QED) is 0.176. The van der Waals surface area contributed by atoms with Crippen LogP contribution in [-0.2, 0) is 34.0 Å². The average Bonchev–Trinajstić information content (AvgIpc) is 2.91. The molecule has 0 aliphatic heterocycles. The van der Waals surface area contributed by atoms with Gasteiger partial charge in [0.1, 0.15) is 10.6 Å². The largest absolute Gasteiger partial charge is 0.416 e. The molecule has 0 atom stereocenters. The lowest BCUT2D eigenvalue weighted by molar-refractivity contribution is -0.137. The first-order chi connectivity index (χ1) is 18.5. The van der Waals surface area contributed by atoms with E-state index < -0.39 is 26.8 Å². The van der Waals surface area contributed by atoms with E-state index in [1.54, 1.807) is 29.2 Å². The molecule has 0 N–H and O–H groups in total. The first-order valence-electron chi connectivity index (χ1n) is 12.6. The van der Waals surface area contributed by atoms with Crippen molar-refractivity contribution in [1.29, 1.82) is 0 Å². The molecular formula is C29H32F3NO5S. The van der Waals surface area contributed by atoms with Gasteiger partial charge in [-0.1, -0.05) is 50.1 Å². The van der Waals surface area contributed by atoms with Crippen LogP contribution < -0.4 is 4.18 Å². The molecule has 10 heteroatoms. The number of unbranched alkanes of at least 4 members (excludes halogenated alkanes) is 2. The molecule has 0 aromatic heterocycles. The van der Waals surface area contributed by atoms with Crippen molar-refractivity contribution in [3.63, 3.8) is 0 Å². The minimum Gasteiger partial charge on any atom is -0.383 e. The number of rotatable bonds is 13. The van der Waals surface area contributed by atoms with Crippen LogP contribution in [0.5, 0.6) is 5.75 Å². The number of alkyl halides is 3. The molecule has 1 amide bonds. The molecule has 0 heterocycles. The maximum Gasteiger partial charge on any atom is 0.416 e. The van der Waals surface area contributed by atoms with E-state index in [9.17, 15) is 26.4 Å². The maximum atomic E-state index is 13.3. The summed E-state index contributed by atoms with van der Waals surface area (Å²) in [6, 6.07) is 16.9. The number of nitrogens with zero attached hydrogens (tertiary/aromatic N) is 1. The van der Waals surface area contributed by atoms with Crippen molar-refractivity contribution in [2.24, 2.45) is 0 Å². The van der Waals surface area contributed by atoms with Gasteiger partial charge >= 0.3 is 16.3 Å². The molecule has 0 radical (unpaired) electrons. The fourth-order valence-corrected chi connectivity index (χ4v) is 4.92. The summed E-state index contributed by atoms with van der Waals surface area (Å²) in [5, 5.41) is 0. The smallest absolute Gasteiger partial charge is 0.383 e. The lowest BCUT2D eigenvalue weighted by Crippen LogP contribution is -2.33. The number of aryl methyl sites for hydroxylation is 1. The summed E-state index contributed by atoms with van der Waals surface area (Å²) in [6.07, 6.45) is -0.374. The van der Waals surface area contributed by atoms with Crippen LogP contribution in [-0.4, -0.2) is 39.5 Å². The molecule has 6 nitrogen and oxygen atoms in total. The van der Waals surface area contributed by atoms with E-state index in [0.717, 1.165) is 49.4 Å². The number of carbonyl (C=O) groups is 1. The molecule has 0 fully saturated rings. The van der Waals surface area contributed by atoms with Crippen molar-refractivity contribution in [3.8, 4) is 5.75 Å². The summed E-state index contributed by atoms with van der Waals surface area (Å²) in [4.78, 5) is 14.3. The van der Waals surface area contributed by atoms with E-state index in [1.165, 1.54) is 19.2 Å². The molecule has 0 bridgehead atoms. The molecule has 0 saturated carbocycles. The first-order valence-corrected chi connectivity index (χ1v) is 14.0. The van der Waals surface area contributed by atoms with Crippen LogP contribution in [0.15, 0.2) is 77.7 Å². The third-order valence-corrected chi connectivity index (χ3v) is 7.29. The summed E-state index contributed by atoms with van der Waals surface area (Å²) < 4.78 is 74.8. The molecule has 3 aromatic rings. The van der Waals surface area contributed by atoms with Crippen LogP contribution in [0.3, 0.4) is 0 Å². The van der Waals surface area contributed by atoms with Gasteiger partial charge in [-0.3, -0.25) is 4.79 Å². The van der Waals surface area contributed by atoms with Gasteiger partial charge in [0.25, 0.3) is 5.91 Å². The Balaban J connectivity index is 1.76. The van der Waals surface area contributed by atoms with Gasteiger partial charge in [-0.2, -0.15) is 21.6 Å². The highest BCUT2D eigenvalue weighted by Crippen LogP contribution is 2.31. The maximum absolute atomic E-state index is 13.3. The topological polar surface area (TPSA) is 72.9 Å². The van der Waals surface area contributed by atoms with Crippen LogP contribution in [0.4, 0.5) is 13.2 Å². The fraction of sp³-hybridized carbons (Fsp3) is 0.345. The highest BCUT2D eigenvalue weighted by Gasteiger charge is 2.32. The Hall–Kier alpha value is -3.37. The zero-order valence-electron chi connectivity index (χ0n) is 21.9. The molecule has 39 heavy (non-hydrogen) atoms. The zero-order valence-corrected chi connectivity index (χ0v) is 22.7. The van der Waals surface area contributed by atoms with Crippen LogP contribution in [0.25, 0.3) is 0 Å². The summed E-state index contributed by atoms with van der Waals surface area (Å²) >= 11 is 0. The number of ether oxygens (including phenoxy) is 1. The van der Waals surface area contributed by atoms with E-state index in [0.29, 0.717) is 30.3 Å². The fourth-order valence-electron chi connectivity index (χ4n) is 3.95. The van der Waals surface area contributed by atoms with Gasteiger partial charge in [-0.05, 0) is 66.4 Å². The third-order valence-electron chi connectivity index (χ3n) is 6.05. The molecule has 0 spiro atoms. The predicted octanol–water partition coefficient (Wildman–Crippen LogP) is 6.49. The number of halogens is 3. The Morgan fingerprint density at radius 3 is 2.31 bits per heavy atom. The second kappa shape index (κ2) is 13.6. The SMILES string of the molecule is CCCCCc1ccc(C(=O)N(CCOC)Cc2cccc(OS(=O)(=O)c3cccc(C(F)(F)F)c3)c2)cc1. The van der Waals surface area contributed by atoms with E-state index in [-0.39, 0.29) is 18.2 Å². The molecular weight excluding hydrogens is 531 g/mol. The van der Waals surface area contributed by atoms with Crippen LogP contribution in [0, 0.1) is 0 Å². The van der Waals surface area contributed by atoms with Gasteiger partial charge in [0.15, 0.2) is 0 Å². The highest BCUT2D eigenvalue weighted by molar-refractivity contribution is 7.87. The number of benzene rings is 3. The minimum atomic E-state index is -4.70. The van der Waals surface area contributed by atoms with Gasteiger partial charge in [-0.25, -0.2) is 0 Å². The summed E-state index contributed by atoms with van der Waals surface area (Å²) in [5.41, 5.74) is 1.16. The average molecular weight is 564 g/mol. The first kappa shape index (κ1) is 30.2. The second-order valence-electron chi connectivity index (χ2n) is 9.08. The standard InChI is InChI=1S/C29H32F3NO5S/c1-3-4-5-8-22-13-15-24(16-14-22)28(34)33(17-18-37-2)21-23-9-6-11-26(19-23)38-39(35,36)27-12-7-10-25(20-27)29(30,31)32/h6-7,9-16,19-20H,3-5,8,17-18,21H2,1-2H3. The monoisotopic (exact) mass is 563 g/mol. The van der Waals surface area contributed by atoms with E-state index in [4.69, 9.17) is 8.92 Å². The van der Waals surface area contributed by atoms with Crippen LogP contribution in [0.2, 0.25) is 0 Å². The number of hydrogen-bond acceptors (Lipinski definition) is 5. The van der Waals surface area contributed by atoms with Gasteiger partial charge in [0, 0.05) is 25.8 Å². The zero-order chi connectivity index (χ0) is 28.5. The highest BCUT2D eigenvalue weighted by atomic mass is 32.2. The Morgan fingerprint density at radius 1 is 0.923 bits per heavy atom. The molecule has 210 valence electrons. The van der Waals surface area contributed by atoms with E-state index in [2.05, 4.69) is 6.92 Å². The Kier molecular flexibility index (Phi) is 10.5. The summed E-state index contributed by atoms with van der Waals surface area (Å²) in [6.45, 7) is 2.87. The van der Waals surface area contributed by atoms with Crippen molar-refractivity contribution in [1.82, 2.24) is 4.90 Å². The van der Waals surface area contributed by atoms with Gasteiger partial charge in [0.05, 0.1) is 12.2 Å². The number of hydrogen-bond donors (Lipinski definition) is 0. The molecule has 0 unspecified atom stereocenters. The van der Waals surface area contributed by atoms with Gasteiger partial charge < -0.3 is 13.8 Å². The summed E-state index contributed by atoms with van der Waals surface area (Å²) in [7, 11) is -3.00. The van der Waals surface area contributed by atoms with E-state index >= 15 is 0 Å². The lowest BCUT2D eigenvalue weighted by Gasteiger charge is -2.23. The van der Waals surface area contributed by atoms with Crippen molar-refractivity contribution in [3.05, 3.63) is 95.1 Å². The predicted molar refractivity (Wildman–Crippen MR) is 142 cm³/mol. The summed E-state index contributed by atoms with van der Waals surface area (Å²) in [5.74, 6) is -0.296. The molecule has 0 aliphatic rings. The van der Waals surface area contributed by atoms with Crippen molar-refractivity contribution < 1.29 is 35.3 Å². The number of carbonyl (C=O) groups excluding carboxylic acids is 1. The van der Waals surface area contributed by atoms with Crippen LogP contribution >= 0.6 is 0 Å². The van der Waals surface area contributed by atoms with E-state index in [1.807, 2.05) is 12.1 Å². The molecule has 0 aliphatic carbocycles. The van der Waals surface area contributed by atoms with Crippen molar-refractivity contribution in [2.45, 2.75) is 50.2 Å². The number of methoxy groups -OCH3 is 1. The van der Waals surface area contributed by atoms with Gasteiger partial charge in [0.2, 0.25) is 0 Å². The Bertz CT molecular complexity index is 1340. The van der Waals surface area contributed by atoms with Crippen molar-refractivity contribution in [2.75, 3.05) is 20.3 Å². The third kappa shape index (κ3) is 8.83. The second-order valence-corrected chi connectivity index (χ2v) is 10.6. The lowest BCUT2D eigenvalue weighted by atomic mass is 10.0. The molecule has 0 saturated heterocycles. The normalized spacial score (nSPS) is 11.8. The van der Waals surface area contributed by atoms with Crippen molar-refractivity contribution >= 4 is 16.0 Å². The minimum absolute atomic E-state index is 0.0829. The van der Waals surface area contributed by atoms with Crippen LogP contribution in [0.1, 0.15) is 53.2 Å². The number of amides is 1. The van der Waals surface area contributed by atoms with Gasteiger partial charge in [-0.15, -0.1) is 0 Å². The molecule has 3 rings (SSSR count).